The van der Waals surface area contributed by atoms with Crippen LogP contribution in [0.15, 0.2) is 23.2 Å². The van der Waals surface area contributed by atoms with Crippen molar-refractivity contribution in [3.63, 3.8) is 0 Å². The second-order valence-corrected chi connectivity index (χ2v) is 7.33. The number of hydrogen-bond donors (Lipinski definition) is 1. The molecule has 1 aliphatic rings. The largest absolute Gasteiger partial charge is 0.385 e. The number of aliphatic imine (C=N–C) groups is 1. The smallest absolute Gasteiger partial charge is 0.193 e. The molecular formula is C21H36N4O2. The van der Waals surface area contributed by atoms with Crippen molar-refractivity contribution in [1.82, 2.24) is 10.2 Å². The van der Waals surface area contributed by atoms with E-state index >= 15 is 0 Å². The average Bonchev–Trinajstić information content (AvgIpc) is 2.67. The molecule has 1 aliphatic heterocycles. The number of methoxy groups -OCH3 is 1. The van der Waals surface area contributed by atoms with E-state index in [0.717, 1.165) is 58.1 Å². The fourth-order valence-corrected chi connectivity index (χ4v) is 3.43. The molecular weight excluding hydrogens is 340 g/mol. The molecule has 0 radical (unpaired) electrons. The molecule has 0 amide bonds. The molecule has 2 rings (SSSR count). The highest BCUT2D eigenvalue weighted by molar-refractivity contribution is 5.80. The number of aryl methyl sites for hydroxylation is 1. The Morgan fingerprint density at radius 1 is 1.26 bits per heavy atom. The first kappa shape index (κ1) is 21.5. The fraction of sp³-hybridized carbons (Fsp3) is 0.667. The van der Waals surface area contributed by atoms with E-state index in [1.54, 1.807) is 7.11 Å². The summed E-state index contributed by atoms with van der Waals surface area (Å²) >= 11 is 0. The molecule has 152 valence electrons. The van der Waals surface area contributed by atoms with Gasteiger partial charge in [0.1, 0.15) is 0 Å². The zero-order valence-electron chi connectivity index (χ0n) is 17.6. The number of nitrogens with zero attached hydrogens (tertiary/aromatic N) is 3. The first-order valence-electron chi connectivity index (χ1n) is 9.88. The molecule has 1 aromatic carbocycles. The van der Waals surface area contributed by atoms with Gasteiger partial charge in [0, 0.05) is 66.8 Å². The Bertz CT molecular complexity index is 596. The maximum atomic E-state index is 5.96. The summed E-state index contributed by atoms with van der Waals surface area (Å²) in [6.07, 6.45) is 3.40. The molecule has 0 aliphatic carbocycles. The minimum Gasteiger partial charge on any atom is -0.385 e. The topological polar surface area (TPSA) is 49.3 Å². The number of guanidine groups is 1. The monoisotopic (exact) mass is 376 g/mol. The number of hydrogen-bond acceptors (Lipinski definition) is 4. The molecule has 0 unspecified atom stereocenters. The van der Waals surface area contributed by atoms with Crippen molar-refractivity contribution < 1.29 is 9.47 Å². The van der Waals surface area contributed by atoms with Gasteiger partial charge in [0.25, 0.3) is 0 Å². The zero-order chi connectivity index (χ0) is 19.6. The Balaban J connectivity index is 1.83. The highest BCUT2D eigenvalue weighted by Gasteiger charge is 2.22. The van der Waals surface area contributed by atoms with Crippen LogP contribution in [-0.2, 0) is 16.0 Å². The van der Waals surface area contributed by atoms with E-state index in [2.05, 4.69) is 59.3 Å². The van der Waals surface area contributed by atoms with Crippen LogP contribution in [-0.4, -0.2) is 71.5 Å². The first-order chi connectivity index (χ1) is 13.0. The molecule has 0 spiro atoms. The lowest BCUT2D eigenvalue weighted by molar-refractivity contribution is 0.00990. The third-order valence-corrected chi connectivity index (χ3v) is 4.96. The third-order valence-electron chi connectivity index (χ3n) is 4.96. The minimum atomic E-state index is 0.355. The van der Waals surface area contributed by atoms with Crippen molar-refractivity contribution >= 4 is 11.6 Å². The van der Waals surface area contributed by atoms with E-state index in [9.17, 15) is 0 Å². The number of benzene rings is 1. The van der Waals surface area contributed by atoms with Crippen LogP contribution in [0, 0.1) is 6.92 Å². The van der Waals surface area contributed by atoms with E-state index in [-0.39, 0.29) is 0 Å². The lowest BCUT2D eigenvalue weighted by atomic mass is 10.1. The summed E-state index contributed by atoms with van der Waals surface area (Å²) < 4.78 is 11.0. The predicted molar refractivity (Wildman–Crippen MR) is 113 cm³/mol. The van der Waals surface area contributed by atoms with Crippen LogP contribution in [0.25, 0.3) is 0 Å². The minimum absolute atomic E-state index is 0.355. The van der Waals surface area contributed by atoms with Crippen LogP contribution in [0.2, 0.25) is 0 Å². The zero-order valence-corrected chi connectivity index (χ0v) is 17.6. The number of likely N-dealkylation sites (tertiary alicyclic amines) is 1. The quantitative estimate of drug-likeness (QED) is 0.429. The van der Waals surface area contributed by atoms with Crippen molar-refractivity contribution in [2.45, 2.75) is 38.8 Å². The van der Waals surface area contributed by atoms with E-state index in [0.29, 0.717) is 6.10 Å². The summed E-state index contributed by atoms with van der Waals surface area (Å²) in [5, 5.41) is 3.54. The summed E-state index contributed by atoms with van der Waals surface area (Å²) in [5.74, 6) is 0.970. The van der Waals surface area contributed by atoms with Gasteiger partial charge in [0.15, 0.2) is 5.96 Å². The molecule has 27 heavy (non-hydrogen) atoms. The molecule has 1 N–H and O–H groups in total. The van der Waals surface area contributed by atoms with Gasteiger partial charge in [-0.2, -0.15) is 0 Å². The average molecular weight is 377 g/mol. The van der Waals surface area contributed by atoms with Crippen LogP contribution in [0.3, 0.4) is 0 Å². The molecule has 6 heteroatoms. The van der Waals surface area contributed by atoms with E-state index in [1.807, 2.05) is 7.05 Å². The standard InChI is InChI=1S/C21H36N4O2/c1-17-7-8-18(20(15-17)24(3)4)16-23-21(22-2)25-11-9-19(10-12-25)27-14-6-13-26-5/h7-8,15,19H,6,9-14,16H2,1-5H3,(H,22,23). The molecule has 1 saturated heterocycles. The van der Waals surface area contributed by atoms with Crippen LogP contribution in [0.1, 0.15) is 30.4 Å². The van der Waals surface area contributed by atoms with Gasteiger partial charge in [-0.05, 0) is 43.4 Å². The van der Waals surface area contributed by atoms with Crippen LogP contribution in [0.4, 0.5) is 5.69 Å². The molecule has 0 bridgehead atoms. The molecule has 0 saturated carbocycles. The molecule has 0 atom stereocenters. The normalized spacial score (nSPS) is 15.9. The Morgan fingerprint density at radius 2 is 2.00 bits per heavy atom. The van der Waals surface area contributed by atoms with Crippen molar-refractivity contribution in [3.05, 3.63) is 29.3 Å². The Morgan fingerprint density at radius 3 is 2.63 bits per heavy atom. The second-order valence-electron chi connectivity index (χ2n) is 7.33. The van der Waals surface area contributed by atoms with Gasteiger partial charge in [-0.15, -0.1) is 0 Å². The van der Waals surface area contributed by atoms with Gasteiger partial charge >= 0.3 is 0 Å². The van der Waals surface area contributed by atoms with Gasteiger partial charge in [0.2, 0.25) is 0 Å². The van der Waals surface area contributed by atoms with Crippen molar-refractivity contribution in [2.24, 2.45) is 4.99 Å². The van der Waals surface area contributed by atoms with Crippen molar-refractivity contribution in [3.8, 4) is 0 Å². The molecule has 1 heterocycles. The summed E-state index contributed by atoms with van der Waals surface area (Å²) in [7, 11) is 7.77. The number of rotatable bonds is 8. The number of ether oxygens (including phenoxy) is 2. The number of nitrogens with one attached hydrogen (secondary N) is 1. The summed E-state index contributed by atoms with van der Waals surface area (Å²) in [6.45, 7) is 6.40. The van der Waals surface area contributed by atoms with Crippen LogP contribution in [0.5, 0.6) is 0 Å². The SMILES string of the molecule is CN=C(NCc1ccc(C)cc1N(C)C)N1CCC(OCCCOC)CC1. The van der Waals surface area contributed by atoms with E-state index in [1.165, 1.54) is 16.8 Å². The third kappa shape index (κ3) is 6.70. The van der Waals surface area contributed by atoms with Gasteiger partial charge in [-0.1, -0.05) is 12.1 Å². The Kier molecular flexibility index (Phi) is 8.88. The highest BCUT2D eigenvalue weighted by atomic mass is 16.5. The van der Waals surface area contributed by atoms with Crippen molar-refractivity contribution in [2.75, 3.05) is 59.5 Å². The van der Waals surface area contributed by atoms with Gasteiger partial charge in [0.05, 0.1) is 6.10 Å². The number of piperidine rings is 1. The second kappa shape index (κ2) is 11.1. The molecule has 1 fully saturated rings. The summed E-state index contributed by atoms with van der Waals surface area (Å²) in [4.78, 5) is 8.99. The Hall–Kier alpha value is -1.79. The first-order valence-corrected chi connectivity index (χ1v) is 9.88. The van der Waals surface area contributed by atoms with E-state index in [4.69, 9.17) is 9.47 Å². The maximum absolute atomic E-state index is 5.96. The highest BCUT2D eigenvalue weighted by Crippen LogP contribution is 2.20. The van der Waals surface area contributed by atoms with Gasteiger partial charge in [-0.3, -0.25) is 4.99 Å². The lowest BCUT2D eigenvalue weighted by Gasteiger charge is -2.34. The molecule has 1 aromatic rings. The number of anilines is 1. The predicted octanol–water partition coefficient (Wildman–Crippen LogP) is 2.65. The molecule has 6 nitrogen and oxygen atoms in total. The Labute approximate surface area is 164 Å². The summed E-state index contributed by atoms with van der Waals surface area (Å²) in [5.41, 5.74) is 3.81. The lowest BCUT2D eigenvalue weighted by Crippen LogP contribution is -2.46. The summed E-state index contributed by atoms with van der Waals surface area (Å²) in [6, 6.07) is 6.59. The fourth-order valence-electron chi connectivity index (χ4n) is 3.43. The van der Waals surface area contributed by atoms with Crippen LogP contribution < -0.4 is 10.2 Å². The maximum Gasteiger partial charge on any atom is 0.193 e. The van der Waals surface area contributed by atoms with Crippen LogP contribution >= 0.6 is 0 Å². The van der Waals surface area contributed by atoms with E-state index < -0.39 is 0 Å². The molecule has 0 aromatic heterocycles. The van der Waals surface area contributed by atoms with Gasteiger partial charge < -0.3 is 24.6 Å². The van der Waals surface area contributed by atoms with Crippen molar-refractivity contribution in [1.29, 1.82) is 0 Å². The van der Waals surface area contributed by atoms with Gasteiger partial charge in [-0.25, -0.2) is 0 Å².